The van der Waals surface area contributed by atoms with Crippen LogP contribution in [-0.4, -0.2) is 73.4 Å². The van der Waals surface area contributed by atoms with Gasteiger partial charge in [0.05, 0.1) is 39.9 Å². The summed E-state index contributed by atoms with van der Waals surface area (Å²) in [7, 11) is 1.59. The molecule has 3 N–H and O–H groups in total. The number of aliphatic hydroxyl groups is 1. The second-order valence-corrected chi connectivity index (χ2v) is 27.8. The van der Waals surface area contributed by atoms with Crippen LogP contribution in [0.4, 0.5) is 0 Å². The standard InChI is InChI=1S/C73H143N2O6P/c1-6-8-10-12-14-16-18-20-22-24-26-28-29-30-31-32-33-34-35-36-37-38-39-40-41-42-43-44-45-47-49-51-53-55-57-59-61-63-65-67-73(77)74-71(70-81-82(78,79)80-69-68-75(3,4)5)72(76)66-64-62-60-58-56-54-52-50-48-46-27-25-23-21-19-17-15-13-11-9-7-2/h18,20,24,26,64,66,71-72,76H,6-17,19,21-23,25,27-63,65,67-70H2,1-5H3,(H-,74,77,78,79)/p+1/b20-18-,26-24-,66-64+. The van der Waals surface area contributed by atoms with Crippen molar-refractivity contribution in [2.45, 2.75) is 386 Å². The van der Waals surface area contributed by atoms with Gasteiger partial charge < -0.3 is 19.8 Å². The molecule has 9 heteroatoms. The maximum atomic E-state index is 13.1. The Kier molecular flexibility index (Phi) is 63.2. The number of nitrogens with one attached hydrogen (secondary N) is 1. The van der Waals surface area contributed by atoms with E-state index in [0.717, 1.165) is 38.5 Å². The van der Waals surface area contributed by atoms with E-state index < -0.39 is 20.0 Å². The topological polar surface area (TPSA) is 105 Å². The minimum absolute atomic E-state index is 0.0642. The Morgan fingerprint density at radius 1 is 0.415 bits per heavy atom. The summed E-state index contributed by atoms with van der Waals surface area (Å²) in [6, 6.07) is -0.845. The molecule has 0 fully saturated rings. The molecule has 3 unspecified atom stereocenters. The Bertz CT molecular complexity index is 1430. The molecule has 0 aromatic rings. The number of hydrogen-bond donors (Lipinski definition) is 3. The van der Waals surface area contributed by atoms with Gasteiger partial charge in [-0.15, -0.1) is 0 Å². The van der Waals surface area contributed by atoms with Crippen molar-refractivity contribution in [3.8, 4) is 0 Å². The van der Waals surface area contributed by atoms with Gasteiger partial charge in [0.25, 0.3) is 0 Å². The number of phosphoric acid groups is 1. The Hall–Kier alpha value is -1.28. The zero-order valence-corrected chi connectivity index (χ0v) is 56.7. The molecule has 0 saturated heterocycles. The molecule has 0 saturated carbocycles. The van der Waals surface area contributed by atoms with Crippen LogP contribution in [0.3, 0.4) is 0 Å². The number of hydrogen-bond acceptors (Lipinski definition) is 5. The predicted molar refractivity (Wildman–Crippen MR) is 360 cm³/mol. The third kappa shape index (κ3) is 66.2. The second-order valence-electron chi connectivity index (χ2n) is 26.3. The summed E-state index contributed by atoms with van der Waals surface area (Å²) in [5.74, 6) is -0.168. The lowest BCUT2D eigenvalue weighted by atomic mass is 10.0. The zero-order valence-electron chi connectivity index (χ0n) is 55.8. The first kappa shape index (κ1) is 80.7. The fourth-order valence-electron chi connectivity index (χ4n) is 11.2. The second kappa shape index (κ2) is 64.2. The monoisotopic (exact) mass is 1180 g/mol. The van der Waals surface area contributed by atoms with E-state index in [1.165, 1.54) is 315 Å². The van der Waals surface area contributed by atoms with E-state index >= 15 is 0 Å². The lowest BCUT2D eigenvalue weighted by Gasteiger charge is -2.25. The van der Waals surface area contributed by atoms with Crippen LogP contribution < -0.4 is 5.32 Å². The number of likely N-dealkylation sites (N-methyl/N-ethyl adjacent to an activating group) is 1. The van der Waals surface area contributed by atoms with Crippen LogP contribution in [0, 0.1) is 0 Å². The summed E-state index contributed by atoms with van der Waals surface area (Å²) < 4.78 is 23.8. The third-order valence-electron chi connectivity index (χ3n) is 16.9. The van der Waals surface area contributed by atoms with Crippen LogP contribution in [0.15, 0.2) is 36.5 Å². The van der Waals surface area contributed by atoms with Crippen molar-refractivity contribution >= 4 is 13.7 Å². The molecule has 0 aromatic carbocycles. The van der Waals surface area contributed by atoms with E-state index in [0.29, 0.717) is 17.4 Å². The number of allylic oxidation sites excluding steroid dienone is 5. The van der Waals surface area contributed by atoms with Crippen molar-refractivity contribution in [2.24, 2.45) is 0 Å². The molecule has 0 aliphatic rings. The fourth-order valence-corrected chi connectivity index (χ4v) is 11.9. The molecule has 0 bridgehead atoms. The molecule has 0 aliphatic heterocycles. The van der Waals surface area contributed by atoms with Gasteiger partial charge in [0.2, 0.25) is 5.91 Å². The Morgan fingerprint density at radius 3 is 1.00 bits per heavy atom. The SMILES string of the molecule is CCCCCCC/C=C\C/C=C\CCCCCCCCCCCCCCCCCCCCCCCCCCCCCC(=O)NC(COP(=O)(O)OCC[N+](C)(C)C)C(O)/C=C/CCCCCCCCCCCCCCCCCCCCC. The Labute approximate surface area is 512 Å². The number of amides is 1. The van der Waals surface area contributed by atoms with Crippen molar-refractivity contribution in [1.82, 2.24) is 5.32 Å². The van der Waals surface area contributed by atoms with Crippen molar-refractivity contribution in [2.75, 3.05) is 40.9 Å². The number of nitrogens with zero attached hydrogens (tertiary/aromatic N) is 1. The molecule has 82 heavy (non-hydrogen) atoms. The molecule has 8 nitrogen and oxygen atoms in total. The summed E-state index contributed by atoms with van der Waals surface area (Å²) in [4.78, 5) is 23.4. The average Bonchev–Trinajstić information content (AvgIpc) is 3.46. The van der Waals surface area contributed by atoms with Crippen LogP contribution >= 0.6 is 7.82 Å². The summed E-state index contributed by atoms with van der Waals surface area (Å²) in [6.45, 7) is 4.86. The van der Waals surface area contributed by atoms with Crippen LogP contribution in [0.25, 0.3) is 0 Å². The Morgan fingerprint density at radius 2 is 0.695 bits per heavy atom. The number of rotatable bonds is 68. The van der Waals surface area contributed by atoms with E-state index in [9.17, 15) is 19.4 Å². The number of quaternary nitrogens is 1. The number of carbonyl (C=O) groups is 1. The van der Waals surface area contributed by atoms with E-state index in [1.807, 2.05) is 27.2 Å². The summed E-state index contributed by atoms with van der Waals surface area (Å²) >= 11 is 0. The molecule has 0 heterocycles. The van der Waals surface area contributed by atoms with E-state index in [4.69, 9.17) is 9.05 Å². The van der Waals surface area contributed by atoms with Crippen molar-refractivity contribution in [1.29, 1.82) is 0 Å². The first-order valence-electron chi connectivity index (χ1n) is 36.4. The quantitative estimate of drug-likeness (QED) is 0.0243. The molecule has 0 aromatic heterocycles. The maximum absolute atomic E-state index is 13.1. The van der Waals surface area contributed by atoms with E-state index in [1.54, 1.807) is 6.08 Å². The lowest BCUT2D eigenvalue weighted by molar-refractivity contribution is -0.870. The van der Waals surface area contributed by atoms with Gasteiger partial charge in [-0.2, -0.15) is 0 Å². The van der Waals surface area contributed by atoms with Crippen LogP contribution in [0.2, 0.25) is 0 Å². The molecular formula is C73H144N2O6P+. The molecular weight excluding hydrogens is 1030 g/mol. The normalized spacial score (nSPS) is 13.8. The number of unbranched alkanes of at least 4 members (excludes halogenated alkanes) is 51. The molecule has 486 valence electrons. The van der Waals surface area contributed by atoms with E-state index in [2.05, 4.69) is 43.5 Å². The van der Waals surface area contributed by atoms with Gasteiger partial charge >= 0.3 is 7.82 Å². The molecule has 0 aliphatic carbocycles. The Balaban J connectivity index is 3.92. The van der Waals surface area contributed by atoms with E-state index in [-0.39, 0.29) is 19.1 Å². The number of carbonyl (C=O) groups excluding carboxylic acids is 1. The highest BCUT2D eigenvalue weighted by atomic mass is 31.2. The van der Waals surface area contributed by atoms with Gasteiger partial charge in [-0.25, -0.2) is 4.57 Å². The summed E-state index contributed by atoms with van der Waals surface area (Å²) in [5, 5.41) is 14.0. The summed E-state index contributed by atoms with van der Waals surface area (Å²) in [6.07, 6.45) is 85.9. The minimum atomic E-state index is -4.35. The van der Waals surface area contributed by atoms with Gasteiger partial charge in [-0.05, 0) is 51.4 Å². The van der Waals surface area contributed by atoms with Crippen molar-refractivity contribution in [3.05, 3.63) is 36.5 Å². The van der Waals surface area contributed by atoms with Gasteiger partial charge in [0.15, 0.2) is 0 Å². The van der Waals surface area contributed by atoms with Gasteiger partial charge in [-0.3, -0.25) is 13.8 Å². The summed E-state index contributed by atoms with van der Waals surface area (Å²) in [5.41, 5.74) is 0. The lowest BCUT2D eigenvalue weighted by Crippen LogP contribution is -2.45. The maximum Gasteiger partial charge on any atom is 0.472 e. The smallest absolute Gasteiger partial charge is 0.387 e. The highest BCUT2D eigenvalue weighted by Gasteiger charge is 2.28. The molecule has 0 rings (SSSR count). The highest BCUT2D eigenvalue weighted by Crippen LogP contribution is 2.43. The van der Waals surface area contributed by atoms with Gasteiger partial charge in [0.1, 0.15) is 13.2 Å². The van der Waals surface area contributed by atoms with Crippen LogP contribution in [-0.2, 0) is 18.4 Å². The highest BCUT2D eigenvalue weighted by molar-refractivity contribution is 7.47. The number of aliphatic hydroxyl groups excluding tert-OH is 1. The van der Waals surface area contributed by atoms with Crippen molar-refractivity contribution in [3.63, 3.8) is 0 Å². The molecule has 3 atom stereocenters. The molecule has 0 spiro atoms. The fraction of sp³-hybridized carbons (Fsp3) is 0.904. The van der Waals surface area contributed by atoms with Crippen molar-refractivity contribution < 1.29 is 32.9 Å². The molecule has 0 radical (unpaired) electrons. The predicted octanol–water partition coefficient (Wildman–Crippen LogP) is 23.2. The molecule has 1 amide bonds. The first-order valence-corrected chi connectivity index (χ1v) is 37.9. The third-order valence-corrected chi connectivity index (χ3v) is 17.8. The van der Waals surface area contributed by atoms with Crippen LogP contribution in [0.5, 0.6) is 0 Å². The average molecular weight is 1180 g/mol. The minimum Gasteiger partial charge on any atom is -0.387 e. The largest absolute Gasteiger partial charge is 0.472 e. The first-order chi connectivity index (χ1) is 40.0. The van der Waals surface area contributed by atoms with Gasteiger partial charge in [-0.1, -0.05) is 352 Å². The van der Waals surface area contributed by atoms with Gasteiger partial charge in [0, 0.05) is 6.42 Å². The zero-order chi connectivity index (χ0) is 59.8. The number of phosphoric ester groups is 1. The van der Waals surface area contributed by atoms with Crippen LogP contribution in [0.1, 0.15) is 373 Å².